The summed E-state index contributed by atoms with van der Waals surface area (Å²) in [6.45, 7) is 0. The van der Waals surface area contributed by atoms with E-state index in [1.807, 2.05) is 60.7 Å². The number of nitrogens with one attached hydrogen (secondary N) is 3. The smallest absolute Gasteiger partial charge is 0.274 e. The zero-order valence-corrected chi connectivity index (χ0v) is 19.3. The Morgan fingerprint density at radius 2 is 1.19 bits per heavy atom. The minimum absolute atomic E-state index is 0.239. The first kappa shape index (κ1) is 24.4. The van der Waals surface area contributed by atoms with Gasteiger partial charge in [-0.3, -0.25) is 19.6 Å². The highest BCUT2D eigenvalue weighted by molar-refractivity contribution is 6.01. The van der Waals surface area contributed by atoms with E-state index in [2.05, 4.69) is 10.6 Å². The molecule has 4 N–H and O–H groups in total. The number of hydroxylamine groups is 1. The van der Waals surface area contributed by atoms with Crippen LogP contribution in [0.2, 0.25) is 0 Å². The van der Waals surface area contributed by atoms with Crippen molar-refractivity contribution in [1.82, 2.24) is 10.8 Å². The number of carbonyl (C=O) groups excluding carboxylic acids is 3. The summed E-state index contributed by atoms with van der Waals surface area (Å²) in [5.74, 6) is -1.41. The Kier molecular flexibility index (Phi) is 7.85. The maximum absolute atomic E-state index is 13.2. The number of anilines is 1. The second kappa shape index (κ2) is 11.6. The average Bonchev–Trinajstić information content (AvgIpc) is 2.94. The van der Waals surface area contributed by atoms with Crippen LogP contribution in [-0.2, 0) is 11.2 Å². The molecule has 36 heavy (non-hydrogen) atoms. The second-order valence-electron chi connectivity index (χ2n) is 8.17. The van der Waals surface area contributed by atoms with Crippen LogP contribution in [-0.4, -0.2) is 29.0 Å². The molecule has 3 amide bonds. The first-order valence-electron chi connectivity index (χ1n) is 11.4. The highest BCUT2D eigenvalue weighted by Gasteiger charge is 2.22. The standard InChI is InChI=1S/C29H25N3O4/c33-27(23-9-5-2-6-10-23)31-26(29(35)30-25-17-15-24(16-18-25)28(34)32-36)19-20-11-13-22(14-12-20)21-7-3-1-4-8-21/h1-18,26,36H,19H2,(H,30,35)(H,31,33)(H,32,34)/t26-/m0/s1. The fourth-order valence-electron chi connectivity index (χ4n) is 3.74. The maximum Gasteiger partial charge on any atom is 0.274 e. The molecular weight excluding hydrogens is 454 g/mol. The summed E-state index contributed by atoms with van der Waals surface area (Å²) < 4.78 is 0. The third kappa shape index (κ3) is 6.22. The number of benzene rings is 4. The van der Waals surface area contributed by atoms with E-state index in [9.17, 15) is 14.4 Å². The summed E-state index contributed by atoms with van der Waals surface area (Å²) in [6.07, 6.45) is 0.282. The molecular formula is C29H25N3O4. The molecule has 0 unspecified atom stereocenters. The summed E-state index contributed by atoms with van der Waals surface area (Å²) in [4.78, 5) is 37.6. The molecule has 4 rings (SSSR count). The van der Waals surface area contributed by atoms with Gasteiger partial charge in [-0.25, -0.2) is 5.48 Å². The van der Waals surface area contributed by atoms with Gasteiger partial charge < -0.3 is 10.6 Å². The lowest BCUT2D eigenvalue weighted by Crippen LogP contribution is -2.45. The molecule has 7 nitrogen and oxygen atoms in total. The van der Waals surface area contributed by atoms with Crippen molar-refractivity contribution < 1.29 is 19.6 Å². The van der Waals surface area contributed by atoms with Gasteiger partial charge in [0.15, 0.2) is 0 Å². The molecule has 0 spiro atoms. The van der Waals surface area contributed by atoms with Gasteiger partial charge in [-0.05, 0) is 53.1 Å². The van der Waals surface area contributed by atoms with Gasteiger partial charge in [0.25, 0.3) is 11.8 Å². The first-order chi connectivity index (χ1) is 17.5. The number of rotatable bonds is 8. The monoisotopic (exact) mass is 479 g/mol. The quantitative estimate of drug-likeness (QED) is 0.221. The zero-order valence-electron chi connectivity index (χ0n) is 19.3. The van der Waals surface area contributed by atoms with Gasteiger partial charge in [-0.1, -0.05) is 72.8 Å². The van der Waals surface area contributed by atoms with Crippen LogP contribution in [0.1, 0.15) is 26.3 Å². The van der Waals surface area contributed by atoms with E-state index < -0.39 is 17.9 Å². The molecule has 0 heterocycles. The van der Waals surface area contributed by atoms with E-state index in [-0.39, 0.29) is 17.9 Å². The van der Waals surface area contributed by atoms with Gasteiger partial charge in [0.05, 0.1) is 0 Å². The molecule has 0 aliphatic rings. The van der Waals surface area contributed by atoms with Crippen molar-refractivity contribution in [3.8, 4) is 11.1 Å². The van der Waals surface area contributed by atoms with E-state index in [4.69, 9.17) is 5.21 Å². The van der Waals surface area contributed by atoms with Gasteiger partial charge in [0, 0.05) is 23.2 Å². The van der Waals surface area contributed by atoms with Crippen LogP contribution in [0.5, 0.6) is 0 Å². The minimum atomic E-state index is -0.847. The van der Waals surface area contributed by atoms with E-state index in [0.29, 0.717) is 11.3 Å². The molecule has 0 saturated carbocycles. The molecule has 180 valence electrons. The van der Waals surface area contributed by atoms with Gasteiger partial charge in [-0.15, -0.1) is 0 Å². The SMILES string of the molecule is O=C(NO)c1ccc(NC(=O)[C@H](Cc2ccc(-c3ccccc3)cc2)NC(=O)c2ccccc2)cc1. The highest BCUT2D eigenvalue weighted by atomic mass is 16.5. The largest absolute Gasteiger partial charge is 0.340 e. The fourth-order valence-corrected chi connectivity index (χ4v) is 3.74. The fraction of sp³-hybridized carbons (Fsp3) is 0.0690. The molecule has 7 heteroatoms. The van der Waals surface area contributed by atoms with Crippen molar-refractivity contribution in [3.05, 3.63) is 126 Å². The summed E-state index contributed by atoms with van der Waals surface area (Å²) in [5, 5.41) is 14.4. The Bertz CT molecular complexity index is 1320. The lowest BCUT2D eigenvalue weighted by molar-refractivity contribution is -0.118. The lowest BCUT2D eigenvalue weighted by atomic mass is 10.00. The molecule has 0 fully saturated rings. The molecule has 4 aromatic carbocycles. The minimum Gasteiger partial charge on any atom is -0.340 e. The van der Waals surface area contributed by atoms with Crippen molar-refractivity contribution in [2.75, 3.05) is 5.32 Å². The summed E-state index contributed by atoms with van der Waals surface area (Å²) in [7, 11) is 0. The Morgan fingerprint density at radius 3 is 1.81 bits per heavy atom. The van der Waals surface area contributed by atoms with Gasteiger partial charge >= 0.3 is 0 Å². The molecule has 0 aromatic heterocycles. The number of amides is 3. The van der Waals surface area contributed by atoms with E-state index in [0.717, 1.165) is 16.7 Å². The van der Waals surface area contributed by atoms with Crippen LogP contribution in [0.15, 0.2) is 109 Å². The first-order valence-corrected chi connectivity index (χ1v) is 11.4. The van der Waals surface area contributed by atoms with Crippen LogP contribution in [0.3, 0.4) is 0 Å². The molecule has 0 aliphatic heterocycles. The molecule has 0 aliphatic carbocycles. The Labute approximate surface area is 208 Å². The molecule has 0 saturated heterocycles. The number of hydrogen-bond acceptors (Lipinski definition) is 4. The van der Waals surface area contributed by atoms with Gasteiger partial charge in [0.2, 0.25) is 5.91 Å². The third-order valence-electron chi connectivity index (χ3n) is 5.67. The van der Waals surface area contributed by atoms with Crippen LogP contribution in [0, 0.1) is 0 Å². The molecule has 0 bridgehead atoms. The zero-order chi connectivity index (χ0) is 25.3. The summed E-state index contributed by atoms with van der Waals surface area (Å²) >= 11 is 0. The van der Waals surface area contributed by atoms with E-state index in [1.165, 1.54) is 12.1 Å². The number of carbonyl (C=O) groups is 3. The predicted octanol–water partition coefficient (Wildman–Crippen LogP) is 4.45. The maximum atomic E-state index is 13.2. The van der Waals surface area contributed by atoms with Crippen LogP contribution in [0.4, 0.5) is 5.69 Å². The van der Waals surface area contributed by atoms with E-state index >= 15 is 0 Å². The summed E-state index contributed by atoms with van der Waals surface area (Å²) in [6, 6.07) is 31.7. The van der Waals surface area contributed by atoms with E-state index in [1.54, 1.807) is 41.9 Å². The van der Waals surface area contributed by atoms with Crippen molar-refractivity contribution in [2.24, 2.45) is 0 Å². The average molecular weight is 480 g/mol. The lowest BCUT2D eigenvalue weighted by Gasteiger charge is -2.19. The topological polar surface area (TPSA) is 108 Å². The van der Waals surface area contributed by atoms with Crippen molar-refractivity contribution in [2.45, 2.75) is 12.5 Å². The Hall–Kier alpha value is -4.75. The predicted molar refractivity (Wildman–Crippen MR) is 138 cm³/mol. The van der Waals surface area contributed by atoms with Crippen LogP contribution in [0.25, 0.3) is 11.1 Å². The number of hydrogen-bond donors (Lipinski definition) is 4. The van der Waals surface area contributed by atoms with Crippen molar-refractivity contribution >= 4 is 23.4 Å². The second-order valence-corrected chi connectivity index (χ2v) is 8.17. The normalized spacial score (nSPS) is 11.2. The third-order valence-corrected chi connectivity index (χ3v) is 5.67. The molecule has 1 atom stereocenters. The van der Waals surface area contributed by atoms with Crippen molar-refractivity contribution in [1.29, 1.82) is 0 Å². The highest BCUT2D eigenvalue weighted by Crippen LogP contribution is 2.20. The van der Waals surface area contributed by atoms with Gasteiger partial charge in [-0.2, -0.15) is 0 Å². The molecule has 0 radical (unpaired) electrons. The van der Waals surface area contributed by atoms with Gasteiger partial charge in [0.1, 0.15) is 6.04 Å². The summed E-state index contributed by atoms with van der Waals surface area (Å²) in [5.41, 5.74) is 5.74. The molecule has 4 aromatic rings. The van der Waals surface area contributed by atoms with Crippen LogP contribution < -0.4 is 16.1 Å². The van der Waals surface area contributed by atoms with Crippen LogP contribution >= 0.6 is 0 Å². The van der Waals surface area contributed by atoms with Crippen molar-refractivity contribution in [3.63, 3.8) is 0 Å². The Morgan fingerprint density at radius 1 is 0.639 bits per heavy atom. The Balaban J connectivity index is 1.52.